The van der Waals surface area contributed by atoms with Crippen molar-refractivity contribution in [1.29, 1.82) is 0 Å². The predicted molar refractivity (Wildman–Crippen MR) is 61.6 cm³/mol. The molecule has 0 amide bonds. The molecule has 6 heteroatoms. The number of hydrogen-bond acceptors (Lipinski definition) is 5. The van der Waals surface area contributed by atoms with Gasteiger partial charge in [-0.2, -0.15) is 10.1 Å². The third-order valence-electron chi connectivity index (χ3n) is 2.97. The van der Waals surface area contributed by atoms with Gasteiger partial charge in [0.1, 0.15) is 11.4 Å². The van der Waals surface area contributed by atoms with Gasteiger partial charge in [0.05, 0.1) is 6.26 Å². The van der Waals surface area contributed by atoms with Gasteiger partial charge >= 0.3 is 0 Å². The zero-order valence-corrected chi connectivity index (χ0v) is 9.46. The number of hydrogen-bond donors (Lipinski definition) is 1. The SMILES string of the molecule is c1coc(-c2cc(-c3nc(C4CC4)no3)[nH]n2)c1. The Kier molecular flexibility index (Phi) is 1.91. The maximum Gasteiger partial charge on any atom is 0.275 e. The second-order valence-corrected chi connectivity index (χ2v) is 4.38. The van der Waals surface area contributed by atoms with Gasteiger partial charge in [0.15, 0.2) is 11.6 Å². The topological polar surface area (TPSA) is 80.7 Å². The monoisotopic (exact) mass is 242 g/mol. The third-order valence-corrected chi connectivity index (χ3v) is 2.97. The Bertz CT molecular complexity index is 664. The predicted octanol–water partition coefficient (Wildman–Crippen LogP) is 2.60. The number of rotatable bonds is 3. The lowest BCUT2D eigenvalue weighted by Crippen LogP contribution is -1.82. The number of aromatic amines is 1. The summed E-state index contributed by atoms with van der Waals surface area (Å²) in [6, 6.07) is 5.51. The standard InChI is InChI=1S/C12H10N4O2/c1-2-10(17-5-1)8-6-9(15-14-8)12-13-11(16-18-12)7-3-4-7/h1-2,5-7H,3-4H2,(H,14,15). The molecule has 3 heterocycles. The molecule has 1 saturated carbocycles. The second-order valence-electron chi connectivity index (χ2n) is 4.38. The Hall–Kier alpha value is -2.37. The van der Waals surface area contributed by atoms with Crippen LogP contribution in [0.25, 0.3) is 23.0 Å². The summed E-state index contributed by atoms with van der Waals surface area (Å²) in [6.45, 7) is 0. The van der Waals surface area contributed by atoms with E-state index in [9.17, 15) is 0 Å². The summed E-state index contributed by atoms with van der Waals surface area (Å²) >= 11 is 0. The molecule has 90 valence electrons. The summed E-state index contributed by atoms with van der Waals surface area (Å²) < 4.78 is 10.5. The lowest BCUT2D eigenvalue weighted by Gasteiger charge is -1.85. The molecular formula is C12H10N4O2. The van der Waals surface area contributed by atoms with Gasteiger partial charge in [-0.3, -0.25) is 5.10 Å². The van der Waals surface area contributed by atoms with E-state index < -0.39 is 0 Å². The maximum atomic E-state index is 5.27. The van der Waals surface area contributed by atoms with Crippen molar-refractivity contribution in [3.05, 3.63) is 30.3 Å². The van der Waals surface area contributed by atoms with Crippen LogP contribution >= 0.6 is 0 Å². The van der Waals surface area contributed by atoms with Crippen molar-refractivity contribution in [2.24, 2.45) is 0 Å². The first-order valence-electron chi connectivity index (χ1n) is 5.83. The van der Waals surface area contributed by atoms with Gasteiger partial charge in [-0.15, -0.1) is 0 Å². The van der Waals surface area contributed by atoms with E-state index in [1.54, 1.807) is 6.26 Å². The molecular weight excluding hydrogens is 232 g/mol. The molecule has 0 spiro atoms. The van der Waals surface area contributed by atoms with Crippen LogP contribution in [-0.2, 0) is 0 Å². The molecule has 3 aromatic heterocycles. The number of nitrogens with zero attached hydrogens (tertiary/aromatic N) is 3. The minimum absolute atomic E-state index is 0.474. The number of nitrogens with one attached hydrogen (secondary N) is 1. The van der Waals surface area contributed by atoms with Crippen LogP contribution < -0.4 is 0 Å². The van der Waals surface area contributed by atoms with Crippen LogP contribution in [0.4, 0.5) is 0 Å². The average Bonchev–Trinajstić information content (AvgIpc) is 2.91. The van der Waals surface area contributed by atoms with Crippen molar-refractivity contribution in [3.63, 3.8) is 0 Å². The van der Waals surface area contributed by atoms with Crippen LogP contribution in [-0.4, -0.2) is 20.3 Å². The quantitative estimate of drug-likeness (QED) is 0.763. The minimum atomic E-state index is 0.474. The van der Waals surface area contributed by atoms with E-state index in [-0.39, 0.29) is 0 Å². The Morgan fingerprint density at radius 2 is 2.28 bits per heavy atom. The van der Waals surface area contributed by atoms with Crippen LogP contribution in [0.1, 0.15) is 24.6 Å². The minimum Gasteiger partial charge on any atom is -0.463 e. The molecule has 0 aliphatic heterocycles. The summed E-state index contributed by atoms with van der Waals surface area (Å²) in [7, 11) is 0. The molecule has 1 N–H and O–H groups in total. The number of aromatic nitrogens is 4. The highest BCUT2D eigenvalue weighted by molar-refractivity contribution is 5.59. The molecule has 1 fully saturated rings. The van der Waals surface area contributed by atoms with Crippen LogP contribution in [0, 0.1) is 0 Å². The normalized spacial score (nSPS) is 15.1. The van der Waals surface area contributed by atoms with E-state index in [0.29, 0.717) is 23.3 Å². The van der Waals surface area contributed by atoms with Crippen LogP contribution in [0.5, 0.6) is 0 Å². The molecule has 6 nitrogen and oxygen atoms in total. The summed E-state index contributed by atoms with van der Waals surface area (Å²) in [5.41, 5.74) is 1.43. The van der Waals surface area contributed by atoms with E-state index in [2.05, 4.69) is 20.3 Å². The third kappa shape index (κ3) is 1.54. The molecule has 1 aliphatic rings. The highest BCUT2D eigenvalue weighted by atomic mass is 16.5. The Morgan fingerprint density at radius 3 is 3.06 bits per heavy atom. The van der Waals surface area contributed by atoms with Crippen molar-refractivity contribution in [3.8, 4) is 23.0 Å². The van der Waals surface area contributed by atoms with Crippen molar-refractivity contribution in [2.45, 2.75) is 18.8 Å². The Morgan fingerprint density at radius 1 is 1.33 bits per heavy atom. The van der Waals surface area contributed by atoms with Gasteiger partial charge in [-0.1, -0.05) is 5.16 Å². The Labute approximate surface area is 102 Å². The van der Waals surface area contributed by atoms with Gasteiger partial charge in [0.2, 0.25) is 0 Å². The highest BCUT2D eigenvalue weighted by Crippen LogP contribution is 2.38. The molecule has 3 aromatic rings. The van der Waals surface area contributed by atoms with E-state index in [4.69, 9.17) is 8.94 Å². The molecule has 0 aromatic carbocycles. The largest absolute Gasteiger partial charge is 0.463 e. The summed E-state index contributed by atoms with van der Waals surface area (Å²) in [6.07, 6.45) is 3.92. The Balaban J connectivity index is 1.67. The van der Waals surface area contributed by atoms with Crippen LogP contribution in [0.3, 0.4) is 0 Å². The lowest BCUT2D eigenvalue weighted by molar-refractivity contribution is 0.421. The fourth-order valence-corrected chi connectivity index (χ4v) is 1.83. The van der Waals surface area contributed by atoms with Gasteiger partial charge in [0.25, 0.3) is 5.89 Å². The van der Waals surface area contributed by atoms with Crippen molar-refractivity contribution in [1.82, 2.24) is 20.3 Å². The zero-order valence-electron chi connectivity index (χ0n) is 9.46. The molecule has 18 heavy (non-hydrogen) atoms. The van der Waals surface area contributed by atoms with Gasteiger partial charge in [-0.05, 0) is 25.0 Å². The number of furan rings is 1. The van der Waals surface area contributed by atoms with Crippen molar-refractivity contribution < 1.29 is 8.94 Å². The van der Waals surface area contributed by atoms with Gasteiger partial charge in [-0.25, -0.2) is 0 Å². The fourth-order valence-electron chi connectivity index (χ4n) is 1.83. The molecule has 0 unspecified atom stereocenters. The zero-order chi connectivity index (χ0) is 11.9. The first-order valence-corrected chi connectivity index (χ1v) is 5.83. The van der Waals surface area contributed by atoms with E-state index in [0.717, 1.165) is 24.4 Å². The number of H-pyrrole nitrogens is 1. The van der Waals surface area contributed by atoms with Gasteiger partial charge in [0, 0.05) is 12.0 Å². The summed E-state index contributed by atoms with van der Waals surface area (Å²) in [5.74, 6) is 2.45. The summed E-state index contributed by atoms with van der Waals surface area (Å²) in [4.78, 5) is 4.36. The van der Waals surface area contributed by atoms with E-state index >= 15 is 0 Å². The van der Waals surface area contributed by atoms with Crippen LogP contribution in [0.15, 0.2) is 33.4 Å². The fraction of sp³-hybridized carbons (Fsp3) is 0.250. The maximum absolute atomic E-state index is 5.27. The van der Waals surface area contributed by atoms with E-state index in [1.165, 1.54) is 0 Å². The highest BCUT2D eigenvalue weighted by Gasteiger charge is 2.29. The second kappa shape index (κ2) is 3.56. The van der Waals surface area contributed by atoms with Gasteiger partial charge < -0.3 is 8.94 Å². The summed E-state index contributed by atoms with van der Waals surface area (Å²) in [5, 5.41) is 11.0. The molecule has 0 radical (unpaired) electrons. The molecule has 4 rings (SSSR count). The van der Waals surface area contributed by atoms with Crippen molar-refractivity contribution >= 4 is 0 Å². The van der Waals surface area contributed by atoms with Crippen molar-refractivity contribution in [2.75, 3.05) is 0 Å². The molecule has 0 bridgehead atoms. The molecule has 0 atom stereocenters. The van der Waals surface area contributed by atoms with E-state index in [1.807, 2.05) is 18.2 Å². The first-order chi connectivity index (χ1) is 8.90. The smallest absolute Gasteiger partial charge is 0.275 e. The van der Waals surface area contributed by atoms with Crippen LogP contribution in [0.2, 0.25) is 0 Å². The molecule has 0 saturated heterocycles. The average molecular weight is 242 g/mol. The first kappa shape index (κ1) is 9.64. The molecule has 1 aliphatic carbocycles. The lowest BCUT2D eigenvalue weighted by atomic mass is 10.3.